The van der Waals surface area contributed by atoms with Crippen molar-refractivity contribution in [3.05, 3.63) is 29.8 Å². The molecule has 1 aromatic carbocycles. The second kappa shape index (κ2) is 12.3. The predicted molar refractivity (Wildman–Crippen MR) is 98.2 cm³/mol. The Morgan fingerprint density at radius 2 is 1.85 bits per heavy atom. The molecule has 1 N–H and O–H groups in total. The molecule has 0 amide bonds. The normalized spacial score (nSPS) is 21.4. The Balaban J connectivity index is 0.00000114. The first-order valence-corrected chi connectivity index (χ1v) is 8.64. The SMILES string of the molecule is CNCc1ccccc1OC1CC(OC(C)=O)CC(C(=O)OC)O1.COC. The molecule has 27 heavy (non-hydrogen) atoms. The number of nitrogens with one attached hydrogen (secondary N) is 1. The first-order chi connectivity index (χ1) is 12.9. The molecule has 2 rings (SSSR count). The molecule has 1 aliphatic heterocycles. The maximum Gasteiger partial charge on any atom is 0.335 e. The van der Waals surface area contributed by atoms with Crippen molar-refractivity contribution in [3.63, 3.8) is 0 Å². The van der Waals surface area contributed by atoms with Crippen LogP contribution in [0.2, 0.25) is 0 Å². The Labute approximate surface area is 160 Å². The Hall–Kier alpha value is -2.16. The van der Waals surface area contributed by atoms with Crippen molar-refractivity contribution in [3.8, 4) is 5.75 Å². The lowest BCUT2D eigenvalue weighted by Gasteiger charge is -2.33. The Morgan fingerprint density at radius 3 is 2.44 bits per heavy atom. The van der Waals surface area contributed by atoms with Crippen molar-refractivity contribution in [2.24, 2.45) is 0 Å². The van der Waals surface area contributed by atoms with Crippen LogP contribution in [0.15, 0.2) is 24.3 Å². The fraction of sp³-hybridized carbons (Fsp3) is 0.579. The van der Waals surface area contributed by atoms with Gasteiger partial charge in [-0.2, -0.15) is 0 Å². The fourth-order valence-corrected chi connectivity index (χ4v) is 2.63. The quantitative estimate of drug-likeness (QED) is 0.742. The predicted octanol–water partition coefficient (Wildman–Crippen LogP) is 1.66. The second-order valence-corrected chi connectivity index (χ2v) is 5.94. The van der Waals surface area contributed by atoms with E-state index in [-0.39, 0.29) is 6.42 Å². The fourth-order valence-electron chi connectivity index (χ4n) is 2.63. The Kier molecular flexibility index (Phi) is 10.4. The summed E-state index contributed by atoms with van der Waals surface area (Å²) in [7, 11) is 6.39. The van der Waals surface area contributed by atoms with Gasteiger partial charge in [0.1, 0.15) is 11.9 Å². The number of hydrogen-bond acceptors (Lipinski definition) is 8. The summed E-state index contributed by atoms with van der Waals surface area (Å²) in [6, 6.07) is 7.55. The lowest BCUT2D eigenvalue weighted by Crippen LogP contribution is -2.44. The van der Waals surface area contributed by atoms with Gasteiger partial charge in [0.05, 0.1) is 7.11 Å². The minimum absolute atomic E-state index is 0.254. The molecule has 1 heterocycles. The van der Waals surface area contributed by atoms with Gasteiger partial charge in [-0.05, 0) is 13.1 Å². The summed E-state index contributed by atoms with van der Waals surface area (Å²) in [6.45, 7) is 1.97. The van der Waals surface area contributed by atoms with Crippen molar-refractivity contribution < 1.29 is 33.3 Å². The molecule has 0 aliphatic carbocycles. The first kappa shape index (κ1) is 22.9. The highest BCUT2D eigenvalue weighted by molar-refractivity contribution is 5.74. The zero-order valence-corrected chi connectivity index (χ0v) is 16.5. The molecule has 8 nitrogen and oxygen atoms in total. The van der Waals surface area contributed by atoms with Crippen molar-refractivity contribution in [2.45, 2.75) is 44.8 Å². The van der Waals surface area contributed by atoms with Crippen LogP contribution in [0.1, 0.15) is 25.3 Å². The van der Waals surface area contributed by atoms with Gasteiger partial charge in [-0.3, -0.25) is 4.79 Å². The minimum Gasteiger partial charge on any atom is -0.467 e. The number of carbonyl (C=O) groups excluding carboxylic acids is 2. The van der Waals surface area contributed by atoms with E-state index in [1.165, 1.54) is 14.0 Å². The largest absolute Gasteiger partial charge is 0.467 e. The molecular formula is C19H29NO7. The van der Waals surface area contributed by atoms with Gasteiger partial charge in [0, 0.05) is 46.1 Å². The van der Waals surface area contributed by atoms with Crippen molar-refractivity contribution in [2.75, 3.05) is 28.4 Å². The van der Waals surface area contributed by atoms with Crippen molar-refractivity contribution >= 4 is 11.9 Å². The van der Waals surface area contributed by atoms with Crippen LogP contribution in [0.25, 0.3) is 0 Å². The van der Waals surface area contributed by atoms with E-state index in [4.69, 9.17) is 18.9 Å². The average molecular weight is 383 g/mol. The van der Waals surface area contributed by atoms with E-state index in [9.17, 15) is 9.59 Å². The molecule has 0 aromatic heterocycles. The van der Waals surface area contributed by atoms with E-state index in [2.05, 4.69) is 10.1 Å². The van der Waals surface area contributed by atoms with E-state index in [1.807, 2.05) is 31.3 Å². The van der Waals surface area contributed by atoms with Crippen LogP contribution >= 0.6 is 0 Å². The van der Waals surface area contributed by atoms with Crippen LogP contribution < -0.4 is 10.1 Å². The summed E-state index contributed by atoms with van der Waals surface area (Å²) in [4.78, 5) is 23.0. The molecule has 1 fully saturated rings. The lowest BCUT2D eigenvalue weighted by molar-refractivity contribution is -0.204. The zero-order chi connectivity index (χ0) is 20.2. The van der Waals surface area contributed by atoms with Crippen molar-refractivity contribution in [1.29, 1.82) is 0 Å². The van der Waals surface area contributed by atoms with Crippen LogP contribution in [-0.2, 0) is 35.1 Å². The summed E-state index contributed by atoms with van der Waals surface area (Å²) in [5.74, 6) is -0.257. The van der Waals surface area contributed by atoms with Crippen LogP contribution in [0, 0.1) is 0 Å². The highest BCUT2D eigenvalue weighted by Crippen LogP contribution is 2.27. The first-order valence-electron chi connectivity index (χ1n) is 8.64. The zero-order valence-electron chi connectivity index (χ0n) is 16.5. The Morgan fingerprint density at radius 1 is 1.19 bits per heavy atom. The maximum absolute atomic E-state index is 11.8. The van der Waals surface area contributed by atoms with E-state index >= 15 is 0 Å². The highest BCUT2D eigenvalue weighted by atomic mass is 16.7. The maximum atomic E-state index is 11.8. The smallest absolute Gasteiger partial charge is 0.335 e. The third kappa shape index (κ3) is 7.94. The van der Waals surface area contributed by atoms with Gasteiger partial charge >= 0.3 is 11.9 Å². The van der Waals surface area contributed by atoms with Crippen LogP contribution in [-0.4, -0.2) is 58.8 Å². The Bertz CT molecular complexity index is 593. The highest BCUT2D eigenvalue weighted by Gasteiger charge is 2.37. The van der Waals surface area contributed by atoms with Gasteiger partial charge in [-0.25, -0.2) is 4.79 Å². The summed E-state index contributed by atoms with van der Waals surface area (Å²) >= 11 is 0. The van der Waals surface area contributed by atoms with Crippen molar-refractivity contribution in [1.82, 2.24) is 5.32 Å². The van der Waals surface area contributed by atoms with Crippen LogP contribution in [0.5, 0.6) is 5.75 Å². The van der Waals surface area contributed by atoms with Gasteiger partial charge in [-0.1, -0.05) is 18.2 Å². The number of hydrogen-bond donors (Lipinski definition) is 1. The molecule has 0 radical (unpaired) electrons. The van der Waals surface area contributed by atoms with Gasteiger partial charge in [0.25, 0.3) is 0 Å². The molecule has 8 heteroatoms. The number of esters is 2. The summed E-state index contributed by atoms with van der Waals surface area (Å²) in [5, 5.41) is 3.07. The molecule has 0 spiro atoms. The molecule has 0 saturated carbocycles. The number of rotatable bonds is 6. The standard InChI is InChI=1S/C17H23NO6.C2H6O/c1-11(19)22-13-8-15(17(20)21-3)24-16(9-13)23-14-7-5-4-6-12(14)10-18-2;1-3-2/h4-7,13,15-16,18H,8-10H2,1-3H3;1-2H3. The third-order valence-electron chi connectivity index (χ3n) is 3.64. The number of carbonyl (C=O) groups is 2. The summed E-state index contributed by atoms with van der Waals surface area (Å²) in [5.41, 5.74) is 0.966. The molecule has 3 unspecified atom stereocenters. The number of methoxy groups -OCH3 is 2. The van der Waals surface area contributed by atoms with Gasteiger partial charge in [0.15, 0.2) is 6.10 Å². The van der Waals surface area contributed by atoms with E-state index in [1.54, 1.807) is 14.2 Å². The summed E-state index contributed by atoms with van der Waals surface area (Å²) < 4.78 is 25.8. The summed E-state index contributed by atoms with van der Waals surface area (Å²) in [6.07, 6.45) is -1.38. The number of benzene rings is 1. The second-order valence-electron chi connectivity index (χ2n) is 5.94. The number of ether oxygens (including phenoxy) is 5. The number of para-hydroxylation sites is 1. The molecule has 1 aromatic rings. The average Bonchev–Trinajstić information content (AvgIpc) is 2.63. The molecule has 1 aliphatic rings. The third-order valence-corrected chi connectivity index (χ3v) is 3.64. The van der Waals surface area contributed by atoms with Gasteiger partial charge in [0.2, 0.25) is 6.29 Å². The van der Waals surface area contributed by atoms with E-state index < -0.39 is 30.4 Å². The minimum atomic E-state index is -0.824. The lowest BCUT2D eigenvalue weighted by atomic mass is 10.0. The van der Waals surface area contributed by atoms with Crippen LogP contribution in [0.4, 0.5) is 0 Å². The van der Waals surface area contributed by atoms with Gasteiger partial charge in [-0.15, -0.1) is 0 Å². The van der Waals surface area contributed by atoms with Crippen LogP contribution in [0.3, 0.4) is 0 Å². The van der Waals surface area contributed by atoms with E-state index in [0.717, 1.165) is 5.56 Å². The molecular weight excluding hydrogens is 354 g/mol. The topological polar surface area (TPSA) is 92.3 Å². The molecule has 152 valence electrons. The molecule has 3 atom stereocenters. The molecule has 1 saturated heterocycles. The van der Waals surface area contributed by atoms with Gasteiger partial charge < -0.3 is 29.0 Å². The monoisotopic (exact) mass is 383 g/mol. The van der Waals surface area contributed by atoms with E-state index in [0.29, 0.717) is 18.7 Å². The molecule has 0 bridgehead atoms.